The van der Waals surface area contributed by atoms with Crippen molar-refractivity contribution in [1.29, 1.82) is 0 Å². The van der Waals surface area contributed by atoms with E-state index in [-0.39, 0.29) is 5.92 Å². The van der Waals surface area contributed by atoms with Crippen LogP contribution in [-0.2, 0) is 6.42 Å². The normalized spacial score (nSPS) is 20.4. The fraction of sp³-hybridized carbons (Fsp3) is 0.364. The van der Waals surface area contributed by atoms with Crippen LogP contribution in [0.3, 0.4) is 0 Å². The molecule has 1 aromatic carbocycles. The average molecular weight is 192 g/mol. The molecule has 0 fully saturated rings. The Labute approximate surface area is 82.5 Å². The minimum Gasteiger partial charge on any atom is -0.294 e. The molecule has 0 radical (unpaired) electrons. The summed E-state index contributed by atoms with van der Waals surface area (Å²) in [6.07, 6.45) is 2.99. The lowest BCUT2D eigenvalue weighted by molar-refractivity contribution is 0.0949. The van der Waals surface area contributed by atoms with Gasteiger partial charge in [0.05, 0.1) is 0 Å². The second-order valence-corrected chi connectivity index (χ2v) is 4.29. The minimum atomic E-state index is 0.229. The van der Waals surface area contributed by atoms with Crippen molar-refractivity contribution >= 4 is 17.5 Å². The van der Waals surface area contributed by atoms with Crippen LogP contribution in [0.5, 0.6) is 0 Å². The second-order valence-electron chi connectivity index (χ2n) is 3.38. The number of benzene rings is 1. The molecule has 0 heterocycles. The molecule has 0 amide bonds. The van der Waals surface area contributed by atoms with E-state index in [1.807, 2.05) is 18.2 Å². The van der Waals surface area contributed by atoms with E-state index in [9.17, 15) is 4.79 Å². The average Bonchev–Trinajstić information content (AvgIpc) is 2.46. The number of ketones is 1. The molecule has 1 aliphatic carbocycles. The number of carbonyl (C=O) groups excluding carboxylic acids is 1. The molecule has 68 valence electrons. The summed E-state index contributed by atoms with van der Waals surface area (Å²) >= 11 is 1.75. The van der Waals surface area contributed by atoms with E-state index in [0.29, 0.717) is 5.78 Å². The van der Waals surface area contributed by atoms with Gasteiger partial charge in [-0.2, -0.15) is 11.8 Å². The number of Topliss-reactive ketones (excluding diaryl/α,β-unsaturated/α-hetero) is 1. The molecular formula is C11H12OS. The van der Waals surface area contributed by atoms with Gasteiger partial charge in [0.15, 0.2) is 5.78 Å². The molecule has 1 nitrogen and oxygen atoms in total. The summed E-state index contributed by atoms with van der Waals surface area (Å²) in [6.45, 7) is 0. The first kappa shape index (κ1) is 8.82. The Balaban J connectivity index is 2.28. The van der Waals surface area contributed by atoms with E-state index in [1.165, 1.54) is 5.56 Å². The van der Waals surface area contributed by atoms with Gasteiger partial charge >= 0.3 is 0 Å². The standard InChI is InChI=1S/C11H12OS/c1-13-7-9-6-8-4-2-3-5-10(8)11(9)12/h2-5,9H,6-7H2,1H3. The predicted octanol–water partition coefficient (Wildman–Crippen LogP) is 2.40. The fourth-order valence-electron chi connectivity index (χ4n) is 1.85. The molecule has 0 bridgehead atoms. The highest BCUT2D eigenvalue weighted by molar-refractivity contribution is 7.98. The first-order chi connectivity index (χ1) is 6.33. The van der Waals surface area contributed by atoms with Crippen molar-refractivity contribution in [2.45, 2.75) is 6.42 Å². The molecular weight excluding hydrogens is 180 g/mol. The van der Waals surface area contributed by atoms with Gasteiger partial charge in [-0.05, 0) is 18.2 Å². The molecule has 0 aliphatic heterocycles. The molecule has 0 saturated heterocycles. The Morgan fingerprint density at radius 1 is 1.46 bits per heavy atom. The molecule has 2 heteroatoms. The SMILES string of the molecule is CSCC1Cc2ccccc2C1=O. The van der Waals surface area contributed by atoms with E-state index >= 15 is 0 Å². The molecule has 2 rings (SSSR count). The summed E-state index contributed by atoms with van der Waals surface area (Å²) in [5.74, 6) is 1.52. The number of rotatable bonds is 2. The molecule has 13 heavy (non-hydrogen) atoms. The summed E-state index contributed by atoms with van der Waals surface area (Å²) in [6, 6.07) is 7.96. The van der Waals surface area contributed by atoms with Crippen molar-refractivity contribution in [3.05, 3.63) is 35.4 Å². The topological polar surface area (TPSA) is 17.1 Å². The summed E-state index contributed by atoms with van der Waals surface area (Å²) in [7, 11) is 0. The number of carbonyl (C=O) groups is 1. The molecule has 0 spiro atoms. The first-order valence-corrected chi connectivity index (χ1v) is 5.83. The van der Waals surface area contributed by atoms with Gasteiger partial charge in [-0.3, -0.25) is 4.79 Å². The van der Waals surface area contributed by atoms with E-state index in [1.54, 1.807) is 11.8 Å². The van der Waals surface area contributed by atoms with Crippen molar-refractivity contribution in [3.8, 4) is 0 Å². The van der Waals surface area contributed by atoms with Crippen LogP contribution >= 0.6 is 11.8 Å². The lowest BCUT2D eigenvalue weighted by Crippen LogP contribution is -2.11. The number of hydrogen-bond donors (Lipinski definition) is 0. The van der Waals surface area contributed by atoms with Crippen molar-refractivity contribution in [2.75, 3.05) is 12.0 Å². The van der Waals surface area contributed by atoms with Crippen LogP contribution in [0.1, 0.15) is 15.9 Å². The lowest BCUT2D eigenvalue weighted by Gasteiger charge is -2.03. The van der Waals surface area contributed by atoms with Gasteiger partial charge in [0.2, 0.25) is 0 Å². The van der Waals surface area contributed by atoms with Gasteiger partial charge in [0.1, 0.15) is 0 Å². The van der Waals surface area contributed by atoms with E-state index < -0.39 is 0 Å². The monoisotopic (exact) mass is 192 g/mol. The van der Waals surface area contributed by atoms with Crippen LogP contribution in [0.15, 0.2) is 24.3 Å². The van der Waals surface area contributed by atoms with Gasteiger partial charge in [-0.15, -0.1) is 0 Å². The van der Waals surface area contributed by atoms with Gasteiger partial charge in [0, 0.05) is 17.2 Å². The molecule has 1 atom stereocenters. The first-order valence-electron chi connectivity index (χ1n) is 4.44. The van der Waals surface area contributed by atoms with Gasteiger partial charge in [-0.1, -0.05) is 24.3 Å². The fourth-order valence-corrected chi connectivity index (χ4v) is 2.52. The summed E-state index contributed by atoms with van der Waals surface area (Å²) < 4.78 is 0. The third-order valence-electron chi connectivity index (χ3n) is 2.49. The highest BCUT2D eigenvalue weighted by Gasteiger charge is 2.29. The Bertz CT molecular complexity index is 333. The Morgan fingerprint density at radius 2 is 2.23 bits per heavy atom. The van der Waals surface area contributed by atoms with E-state index in [4.69, 9.17) is 0 Å². The summed E-state index contributed by atoms with van der Waals surface area (Å²) in [4.78, 5) is 11.8. The van der Waals surface area contributed by atoms with Crippen molar-refractivity contribution < 1.29 is 4.79 Å². The number of fused-ring (bicyclic) bond motifs is 1. The number of thioether (sulfide) groups is 1. The van der Waals surface area contributed by atoms with Crippen LogP contribution in [0.2, 0.25) is 0 Å². The molecule has 0 N–H and O–H groups in total. The molecule has 0 aromatic heterocycles. The Morgan fingerprint density at radius 3 is 2.92 bits per heavy atom. The maximum Gasteiger partial charge on any atom is 0.167 e. The predicted molar refractivity (Wildman–Crippen MR) is 56.3 cm³/mol. The van der Waals surface area contributed by atoms with Crippen LogP contribution < -0.4 is 0 Å². The maximum atomic E-state index is 11.8. The molecule has 0 saturated carbocycles. The second kappa shape index (κ2) is 3.54. The van der Waals surface area contributed by atoms with Crippen molar-refractivity contribution in [2.24, 2.45) is 5.92 Å². The smallest absolute Gasteiger partial charge is 0.167 e. The summed E-state index contributed by atoms with van der Waals surface area (Å²) in [5, 5.41) is 0. The minimum absolute atomic E-state index is 0.229. The quantitative estimate of drug-likeness (QED) is 0.715. The molecule has 1 aliphatic rings. The van der Waals surface area contributed by atoms with Gasteiger partial charge in [-0.25, -0.2) is 0 Å². The molecule has 1 aromatic rings. The van der Waals surface area contributed by atoms with Gasteiger partial charge < -0.3 is 0 Å². The number of hydrogen-bond acceptors (Lipinski definition) is 2. The largest absolute Gasteiger partial charge is 0.294 e. The van der Waals surface area contributed by atoms with Gasteiger partial charge in [0.25, 0.3) is 0 Å². The summed E-state index contributed by atoms with van der Waals surface area (Å²) in [5.41, 5.74) is 2.17. The van der Waals surface area contributed by atoms with E-state index in [2.05, 4.69) is 12.3 Å². The zero-order valence-corrected chi connectivity index (χ0v) is 8.43. The van der Waals surface area contributed by atoms with Crippen LogP contribution in [0, 0.1) is 5.92 Å². The van der Waals surface area contributed by atoms with E-state index in [0.717, 1.165) is 17.7 Å². The highest BCUT2D eigenvalue weighted by Crippen LogP contribution is 2.28. The van der Waals surface area contributed by atoms with Crippen molar-refractivity contribution in [3.63, 3.8) is 0 Å². The van der Waals surface area contributed by atoms with Crippen LogP contribution in [-0.4, -0.2) is 17.8 Å². The third kappa shape index (κ3) is 1.51. The molecule has 1 unspecified atom stereocenters. The lowest BCUT2D eigenvalue weighted by atomic mass is 10.1. The zero-order chi connectivity index (χ0) is 9.26. The Kier molecular flexibility index (Phi) is 2.40. The van der Waals surface area contributed by atoms with Crippen LogP contribution in [0.4, 0.5) is 0 Å². The van der Waals surface area contributed by atoms with Crippen molar-refractivity contribution in [1.82, 2.24) is 0 Å². The van der Waals surface area contributed by atoms with Crippen LogP contribution in [0.25, 0.3) is 0 Å². The Hall–Kier alpha value is -0.760. The maximum absolute atomic E-state index is 11.8. The highest BCUT2D eigenvalue weighted by atomic mass is 32.2. The third-order valence-corrected chi connectivity index (χ3v) is 3.22. The zero-order valence-electron chi connectivity index (χ0n) is 7.62.